The normalized spacial score (nSPS) is 13.2. The molecule has 0 N–H and O–H groups in total. The largest absolute Gasteiger partial charge is 0.500 e. The number of hydrogen-bond acceptors (Lipinski definition) is 3. The fourth-order valence-corrected chi connectivity index (χ4v) is 8.14. The van der Waals surface area contributed by atoms with Crippen LogP contribution in [0.15, 0.2) is 162 Å². The molecule has 10 rings (SSSR count). The second-order valence-electron chi connectivity index (χ2n) is 17.0. The van der Waals surface area contributed by atoms with E-state index in [0.717, 1.165) is 94.3 Å². The van der Waals surface area contributed by atoms with Gasteiger partial charge in [0.25, 0.3) is 0 Å². The van der Waals surface area contributed by atoms with Crippen LogP contribution in [0.1, 0.15) is 82.4 Å². The Labute approximate surface area is 384 Å². The maximum absolute atomic E-state index is 8.80. The Hall–Kier alpha value is -6.13. The van der Waals surface area contributed by atoms with E-state index in [4.69, 9.17) is 14.9 Å². The molecule has 0 atom stereocenters. The quantitative estimate of drug-likeness (QED) is 0.149. The molecule has 0 aliphatic carbocycles. The van der Waals surface area contributed by atoms with E-state index < -0.39 is 23.6 Å². The van der Waals surface area contributed by atoms with Crippen molar-refractivity contribution in [1.82, 2.24) is 14.5 Å². The molecule has 0 fully saturated rings. The first-order valence-corrected chi connectivity index (χ1v) is 20.8. The average Bonchev–Trinajstić information content (AvgIpc) is 3.88. The molecule has 0 aliphatic heterocycles. The fraction of sp³-hybridized carbons (Fsp3) is 0.193. The zero-order valence-corrected chi connectivity index (χ0v) is 38.5. The van der Waals surface area contributed by atoms with Gasteiger partial charge >= 0.3 is 0 Å². The van der Waals surface area contributed by atoms with Crippen molar-refractivity contribution in [2.45, 2.75) is 66.6 Å². The van der Waals surface area contributed by atoms with Gasteiger partial charge < -0.3 is 14.0 Å². The third kappa shape index (κ3) is 8.40. The van der Waals surface area contributed by atoms with E-state index in [9.17, 15) is 0 Å². The summed E-state index contributed by atoms with van der Waals surface area (Å²) in [6, 6.07) is 56.6. The van der Waals surface area contributed by atoms with Crippen molar-refractivity contribution in [3.8, 4) is 39.5 Å². The smallest absolute Gasteiger partial charge is 0.128 e. The number of para-hydroxylation sites is 3. The number of imidazole rings is 1. The van der Waals surface area contributed by atoms with Crippen LogP contribution in [0.25, 0.3) is 83.2 Å². The van der Waals surface area contributed by atoms with Crippen molar-refractivity contribution < 1.29 is 30.0 Å². The summed E-state index contributed by atoms with van der Waals surface area (Å²) in [5.74, 6) is -0.895. The predicted octanol–water partition coefficient (Wildman–Crippen LogP) is 15.6. The van der Waals surface area contributed by atoms with Crippen LogP contribution in [-0.4, -0.2) is 14.5 Å². The fourth-order valence-electron chi connectivity index (χ4n) is 8.14. The molecule has 10 aromatic rings. The summed E-state index contributed by atoms with van der Waals surface area (Å²) < 4.78 is 43.3. The summed E-state index contributed by atoms with van der Waals surface area (Å²) in [7, 11) is 0. The maximum Gasteiger partial charge on any atom is 0.128 e. The third-order valence-corrected chi connectivity index (χ3v) is 10.9. The topological polar surface area (TPSA) is 43.9 Å². The third-order valence-electron chi connectivity index (χ3n) is 10.9. The van der Waals surface area contributed by atoms with Gasteiger partial charge in [-0.3, -0.25) is 4.98 Å². The van der Waals surface area contributed by atoms with Crippen molar-refractivity contribution in [2.24, 2.45) is 5.41 Å². The molecule has 4 nitrogen and oxygen atoms in total. The van der Waals surface area contributed by atoms with Gasteiger partial charge in [-0.2, -0.15) is 0 Å². The molecule has 0 aliphatic rings. The van der Waals surface area contributed by atoms with Crippen LogP contribution < -0.4 is 0 Å². The molecule has 0 amide bonds. The summed E-state index contributed by atoms with van der Waals surface area (Å²) in [6.45, 7) is 13.3. The summed E-state index contributed by atoms with van der Waals surface area (Å²) in [4.78, 5) is 9.57. The first-order chi connectivity index (χ1) is 30.9. The first-order valence-electron chi connectivity index (χ1n) is 22.8. The van der Waals surface area contributed by atoms with Crippen molar-refractivity contribution in [2.75, 3.05) is 0 Å². The predicted molar refractivity (Wildman–Crippen MR) is 255 cm³/mol. The first kappa shape index (κ1) is 37.6. The molecule has 0 saturated heterocycles. The maximum atomic E-state index is 8.80. The van der Waals surface area contributed by atoms with Crippen molar-refractivity contribution in [3.05, 3.63) is 187 Å². The van der Waals surface area contributed by atoms with Gasteiger partial charge in [-0.05, 0) is 80.7 Å². The molecule has 0 bridgehead atoms. The number of hydrogen-bond donors (Lipinski definition) is 0. The van der Waals surface area contributed by atoms with E-state index in [0.29, 0.717) is 5.56 Å². The molecule has 3 aromatic heterocycles. The van der Waals surface area contributed by atoms with E-state index in [1.165, 1.54) is 0 Å². The molecule has 7 aromatic carbocycles. The Morgan fingerprint density at radius 3 is 2.11 bits per heavy atom. The van der Waals surface area contributed by atoms with Gasteiger partial charge in [-0.25, -0.2) is 0 Å². The van der Waals surface area contributed by atoms with Gasteiger partial charge in [-0.15, -0.1) is 54.1 Å². The molecule has 0 unspecified atom stereocenters. The Bertz CT molecular complexity index is 3320. The van der Waals surface area contributed by atoms with Crippen LogP contribution in [0.3, 0.4) is 0 Å². The second kappa shape index (κ2) is 17.7. The van der Waals surface area contributed by atoms with Gasteiger partial charge in [0.1, 0.15) is 5.58 Å². The van der Waals surface area contributed by atoms with Crippen LogP contribution in [-0.2, 0) is 26.5 Å². The molecular weight excluding hydrogens is 935 g/mol. The Morgan fingerprint density at radius 1 is 0.677 bits per heavy atom. The number of fused-ring (bicyclic) bond motifs is 6. The molecule has 5 heteroatoms. The van der Waals surface area contributed by atoms with Crippen molar-refractivity contribution in [1.29, 1.82) is 0 Å². The number of nitrogens with zero attached hydrogens (tertiary/aromatic N) is 3. The zero-order valence-electron chi connectivity index (χ0n) is 40.1. The van der Waals surface area contributed by atoms with Crippen LogP contribution >= 0.6 is 0 Å². The summed E-state index contributed by atoms with van der Waals surface area (Å²) in [5, 5.41) is 4.37. The number of aromatic nitrogens is 3. The minimum absolute atomic E-state index is 0. The summed E-state index contributed by atoms with van der Waals surface area (Å²) in [6.07, 6.45) is 0.378. The standard InChI is InChI=1S/C32H26NO.C25H25N2.Ir/c1-32(2,3)20-21-11-13-22(14-12-21)24-17-18-33-29(19-24)28-10-6-9-26-27-16-15-23-7-4-5-8-25(23)30(27)34-31(26)28;1-17(2)20-13-10-14-21(18(3)4)24(20)27-23-16-9-8-15-22(23)26-25(27)19-11-6-5-7-12-19;/h4-9,11-19H,20H2,1-3H3;5-11,13-18H,1-4H3;/q2*-1;/i20D2;17D,18D;. The second-order valence-corrected chi connectivity index (χ2v) is 17.0. The molecule has 62 heavy (non-hydrogen) atoms. The van der Waals surface area contributed by atoms with Crippen LogP contribution in [0, 0.1) is 17.5 Å². The number of furan rings is 1. The minimum Gasteiger partial charge on any atom is -0.500 e. The Morgan fingerprint density at radius 2 is 1.39 bits per heavy atom. The molecule has 0 spiro atoms. The van der Waals surface area contributed by atoms with E-state index in [1.54, 1.807) is 6.20 Å². The van der Waals surface area contributed by atoms with Gasteiger partial charge in [0.2, 0.25) is 0 Å². The molecule has 3 heterocycles. The van der Waals surface area contributed by atoms with E-state index in [-0.39, 0.29) is 20.1 Å². The SMILES string of the molecule is [2H]C(C)(C)c1cccc(C([2H])(C)C)c1-n1c(-c2[c-]cccc2)nc2ccccc21.[2H]C([2H])(c1ccc(-c2ccnc(-c3[c-]ccc4c3oc3c5ccccc5ccc43)c2)cc1)C(C)(C)C.[Ir]. The van der Waals surface area contributed by atoms with Crippen molar-refractivity contribution in [3.63, 3.8) is 0 Å². The molecular formula is C57H51IrN3O-2. The van der Waals surface area contributed by atoms with E-state index >= 15 is 0 Å². The van der Waals surface area contributed by atoms with Crippen LogP contribution in [0.4, 0.5) is 0 Å². The van der Waals surface area contributed by atoms with E-state index in [2.05, 4.69) is 45.9 Å². The average molecular weight is 990 g/mol. The van der Waals surface area contributed by atoms with Gasteiger partial charge in [0, 0.05) is 48.2 Å². The number of pyridine rings is 1. The van der Waals surface area contributed by atoms with E-state index in [1.807, 2.05) is 176 Å². The monoisotopic (exact) mass is 990 g/mol. The van der Waals surface area contributed by atoms with Crippen molar-refractivity contribution >= 4 is 43.7 Å². The van der Waals surface area contributed by atoms with Gasteiger partial charge in [0.15, 0.2) is 0 Å². The zero-order chi connectivity index (χ0) is 45.9. The molecule has 0 saturated carbocycles. The molecule has 311 valence electrons. The Kier molecular flexibility index (Phi) is 10.7. The summed E-state index contributed by atoms with van der Waals surface area (Å²) >= 11 is 0. The van der Waals surface area contributed by atoms with Crippen LogP contribution in [0.5, 0.6) is 0 Å². The minimum atomic E-state index is -1.43. The van der Waals surface area contributed by atoms with Crippen LogP contribution in [0.2, 0.25) is 0 Å². The number of rotatable bonds is 7. The van der Waals surface area contributed by atoms with Gasteiger partial charge in [0.05, 0.1) is 22.4 Å². The summed E-state index contributed by atoms with van der Waals surface area (Å²) in [5.41, 5.74) is 10.8. The Balaban J connectivity index is 0.000000181. The molecule has 1 radical (unpaired) electrons. The van der Waals surface area contributed by atoms with Gasteiger partial charge in [-0.1, -0.05) is 156 Å². The number of benzene rings is 7.